The zero-order valence-corrected chi connectivity index (χ0v) is 11.1. The number of carbonyl (C=O) groups is 1. The summed E-state index contributed by atoms with van der Waals surface area (Å²) < 4.78 is 5.79. The average Bonchev–Trinajstić information content (AvgIpc) is 2.22. The van der Waals surface area contributed by atoms with Crippen molar-refractivity contribution in [3.8, 4) is 0 Å². The Morgan fingerprint density at radius 1 is 1.12 bits per heavy atom. The van der Waals surface area contributed by atoms with E-state index in [0.29, 0.717) is 0 Å². The lowest BCUT2D eigenvalue weighted by atomic mass is 9.85. The Bertz CT molecular complexity index is 213. The van der Waals surface area contributed by atoms with Crippen LogP contribution in [0.5, 0.6) is 0 Å². The topological polar surface area (TPSA) is 26.3 Å². The molecule has 0 aromatic carbocycles. The first-order chi connectivity index (χ1) is 7.59. The van der Waals surface area contributed by atoms with Gasteiger partial charge in [-0.15, -0.1) is 0 Å². The van der Waals surface area contributed by atoms with Crippen LogP contribution in [0.3, 0.4) is 0 Å². The maximum Gasteiger partial charge on any atom is 0.308 e. The van der Waals surface area contributed by atoms with E-state index in [-0.39, 0.29) is 17.5 Å². The number of ether oxygens (including phenoxy) is 1. The molecule has 0 bridgehead atoms. The van der Waals surface area contributed by atoms with Crippen LogP contribution in [0.1, 0.15) is 72.1 Å². The lowest BCUT2D eigenvalue weighted by molar-refractivity contribution is -0.166. The predicted molar refractivity (Wildman–Crippen MR) is 66.3 cm³/mol. The third-order valence-electron chi connectivity index (χ3n) is 3.70. The third-order valence-corrected chi connectivity index (χ3v) is 3.70. The highest BCUT2D eigenvalue weighted by molar-refractivity contribution is 5.72. The molecule has 0 aliphatic heterocycles. The maximum atomic E-state index is 11.8. The Morgan fingerprint density at radius 2 is 1.62 bits per heavy atom. The molecule has 0 aromatic heterocycles. The number of carbonyl (C=O) groups excluding carboxylic acids is 1. The van der Waals surface area contributed by atoms with Gasteiger partial charge in [0.25, 0.3) is 0 Å². The molecule has 0 aromatic rings. The minimum atomic E-state index is -0.151. The molecular formula is C14H26O2. The quantitative estimate of drug-likeness (QED) is 0.678. The van der Waals surface area contributed by atoms with Gasteiger partial charge in [0.1, 0.15) is 5.60 Å². The first-order valence-electron chi connectivity index (χ1n) is 6.82. The van der Waals surface area contributed by atoms with Crippen molar-refractivity contribution in [1.29, 1.82) is 0 Å². The summed E-state index contributed by atoms with van der Waals surface area (Å²) >= 11 is 0. The van der Waals surface area contributed by atoms with Crippen molar-refractivity contribution < 1.29 is 9.53 Å². The summed E-state index contributed by atoms with van der Waals surface area (Å²) in [4.78, 5) is 11.8. The summed E-state index contributed by atoms with van der Waals surface area (Å²) in [6, 6.07) is 0. The van der Waals surface area contributed by atoms with Gasteiger partial charge in [-0.2, -0.15) is 0 Å². The number of rotatable bonds is 3. The molecule has 0 N–H and O–H groups in total. The van der Waals surface area contributed by atoms with Gasteiger partial charge in [0, 0.05) is 0 Å². The fourth-order valence-electron chi connectivity index (χ4n) is 2.41. The minimum Gasteiger partial charge on any atom is -0.459 e. The summed E-state index contributed by atoms with van der Waals surface area (Å²) in [5, 5.41) is 0. The third kappa shape index (κ3) is 3.80. The Labute approximate surface area is 99.8 Å². The van der Waals surface area contributed by atoms with Crippen molar-refractivity contribution in [1.82, 2.24) is 0 Å². The SMILES string of the molecule is CCC1(OC(=O)C(C)C)CCCCCCC1. The molecule has 1 saturated carbocycles. The maximum absolute atomic E-state index is 11.8. The Hall–Kier alpha value is -0.530. The van der Waals surface area contributed by atoms with Gasteiger partial charge in [0.05, 0.1) is 5.92 Å². The molecule has 16 heavy (non-hydrogen) atoms. The molecule has 0 atom stereocenters. The fraction of sp³-hybridized carbons (Fsp3) is 0.929. The van der Waals surface area contributed by atoms with E-state index < -0.39 is 0 Å². The van der Waals surface area contributed by atoms with Crippen LogP contribution in [0.25, 0.3) is 0 Å². The summed E-state index contributed by atoms with van der Waals surface area (Å²) in [5.41, 5.74) is -0.151. The molecule has 0 amide bonds. The molecule has 1 fully saturated rings. The van der Waals surface area contributed by atoms with E-state index in [2.05, 4.69) is 6.92 Å². The summed E-state index contributed by atoms with van der Waals surface area (Å²) in [7, 11) is 0. The van der Waals surface area contributed by atoms with Crippen LogP contribution in [-0.4, -0.2) is 11.6 Å². The lowest BCUT2D eigenvalue weighted by Gasteiger charge is -2.35. The predicted octanol–water partition coefficient (Wildman–Crippen LogP) is 4.08. The molecular weight excluding hydrogens is 200 g/mol. The van der Waals surface area contributed by atoms with Gasteiger partial charge in [-0.05, 0) is 32.1 Å². The highest BCUT2D eigenvalue weighted by atomic mass is 16.6. The molecule has 2 heteroatoms. The van der Waals surface area contributed by atoms with E-state index in [1.165, 1.54) is 32.1 Å². The standard InChI is InChI=1S/C14H26O2/c1-4-14(16-13(15)12(2)3)10-8-6-5-7-9-11-14/h12H,4-11H2,1-3H3. The van der Waals surface area contributed by atoms with E-state index >= 15 is 0 Å². The molecule has 0 saturated heterocycles. The lowest BCUT2D eigenvalue weighted by Crippen LogP contribution is -2.36. The van der Waals surface area contributed by atoms with Crippen LogP contribution in [0, 0.1) is 5.92 Å². The van der Waals surface area contributed by atoms with Gasteiger partial charge in [0.2, 0.25) is 0 Å². The zero-order valence-electron chi connectivity index (χ0n) is 11.1. The fourth-order valence-corrected chi connectivity index (χ4v) is 2.41. The Kier molecular flexibility index (Phi) is 5.30. The van der Waals surface area contributed by atoms with Gasteiger partial charge in [-0.25, -0.2) is 0 Å². The number of hydrogen-bond acceptors (Lipinski definition) is 2. The van der Waals surface area contributed by atoms with Crippen LogP contribution >= 0.6 is 0 Å². The largest absolute Gasteiger partial charge is 0.459 e. The van der Waals surface area contributed by atoms with Crippen molar-refractivity contribution >= 4 is 5.97 Å². The van der Waals surface area contributed by atoms with E-state index in [0.717, 1.165) is 19.3 Å². The summed E-state index contributed by atoms with van der Waals surface area (Å²) in [6.07, 6.45) is 9.42. The van der Waals surface area contributed by atoms with Crippen LogP contribution in [-0.2, 0) is 9.53 Å². The molecule has 94 valence electrons. The van der Waals surface area contributed by atoms with Gasteiger partial charge in [0.15, 0.2) is 0 Å². The smallest absolute Gasteiger partial charge is 0.308 e. The van der Waals surface area contributed by atoms with Crippen molar-refractivity contribution in [2.75, 3.05) is 0 Å². The minimum absolute atomic E-state index is 0.00568. The number of esters is 1. The molecule has 1 rings (SSSR count). The van der Waals surface area contributed by atoms with Crippen LogP contribution in [0.4, 0.5) is 0 Å². The van der Waals surface area contributed by atoms with Gasteiger partial charge < -0.3 is 4.74 Å². The molecule has 0 unspecified atom stereocenters. The molecule has 1 aliphatic carbocycles. The molecule has 0 spiro atoms. The van der Waals surface area contributed by atoms with Gasteiger partial charge in [-0.1, -0.05) is 40.0 Å². The van der Waals surface area contributed by atoms with Crippen molar-refractivity contribution in [2.24, 2.45) is 5.92 Å². The highest BCUT2D eigenvalue weighted by Gasteiger charge is 2.32. The second kappa shape index (κ2) is 6.27. The molecule has 0 heterocycles. The van der Waals surface area contributed by atoms with Gasteiger partial charge in [-0.3, -0.25) is 4.79 Å². The number of hydrogen-bond donors (Lipinski definition) is 0. The van der Waals surface area contributed by atoms with E-state index in [1.807, 2.05) is 13.8 Å². The normalized spacial score (nSPS) is 21.2. The zero-order chi connectivity index (χ0) is 12.0. The first-order valence-corrected chi connectivity index (χ1v) is 6.82. The summed E-state index contributed by atoms with van der Waals surface area (Å²) in [6.45, 7) is 5.97. The summed E-state index contributed by atoms with van der Waals surface area (Å²) in [5.74, 6) is -0.0312. The van der Waals surface area contributed by atoms with E-state index in [4.69, 9.17) is 4.74 Å². The second-order valence-corrected chi connectivity index (χ2v) is 5.38. The van der Waals surface area contributed by atoms with Crippen molar-refractivity contribution in [3.63, 3.8) is 0 Å². The first kappa shape index (κ1) is 13.5. The average molecular weight is 226 g/mol. The van der Waals surface area contributed by atoms with Crippen molar-refractivity contribution in [2.45, 2.75) is 77.7 Å². The highest BCUT2D eigenvalue weighted by Crippen LogP contribution is 2.33. The molecule has 0 radical (unpaired) electrons. The van der Waals surface area contributed by atoms with E-state index in [1.54, 1.807) is 0 Å². The Balaban J connectivity index is 2.61. The van der Waals surface area contributed by atoms with Gasteiger partial charge >= 0.3 is 5.97 Å². The van der Waals surface area contributed by atoms with Crippen LogP contribution in [0.2, 0.25) is 0 Å². The Morgan fingerprint density at radius 3 is 2.06 bits per heavy atom. The van der Waals surface area contributed by atoms with E-state index in [9.17, 15) is 4.79 Å². The van der Waals surface area contributed by atoms with Crippen LogP contribution < -0.4 is 0 Å². The van der Waals surface area contributed by atoms with Crippen molar-refractivity contribution in [3.05, 3.63) is 0 Å². The van der Waals surface area contributed by atoms with Crippen LogP contribution in [0.15, 0.2) is 0 Å². The monoisotopic (exact) mass is 226 g/mol. The molecule has 1 aliphatic rings. The molecule has 2 nitrogen and oxygen atoms in total. The second-order valence-electron chi connectivity index (χ2n) is 5.38.